The highest BCUT2D eigenvalue weighted by Gasteiger charge is 2.46. The molecule has 2 aliphatic rings. The van der Waals surface area contributed by atoms with Crippen LogP contribution in [0.1, 0.15) is 43.4 Å². The average molecular weight is 483 g/mol. The number of methoxy groups -OCH3 is 1. The molecule has 186 valence electrons. The van der Waals surface area contributed by atoms with E-state index in [4.69, 9.17) is 9.47 Å². The average Bonchev–Trinajstić information content (AvgIpc) is 3.48. The van der Waals surface area contributed by atoms with Crippen molar-refractivity contribution in [2.45, 2.75) is 32.2 Å². The molecular weight excluding hydrogens is 451 g/mol. The van der Waals surface area contributed by atoms with Crippen molar-refractivity contribution < 1.29 is 28.6 Å². The van der Waals surface area contributed by atoms with E-state index in [-0.39, 0.29) is 16.9 Å². The first-order valence-electron chi connectivity index (χ1n) is 12.0. The fourth-order valence-corrected chi connectivity index (χ4v) is 4.65. The number of nitrogens with zero attached hydrogens (tertiary/aromatic N) is 2. The molecule has 8 heteroatoms. The zero-order chi connectivity index (χ0) is 24.9. The Morgan fingerprint density at radius 1 is 1.09 bits per heavy atom. The lowest BCUT2D eigenvalue weighted by molar-refractivity contribution is -0.140. The zero-order valence-electron chi connectivity index (χ0n) is 20.1. The van der Waals surface area contributed by atoms with Crippen LogP contribution in [-0.4, -0.2) is 66.5 Å². The number of hydrogen-bond acceptors (Lipinski definition) is 6. The number of halogens is 1. The molecule has 1 atom stereocenters. The van der Waals surface area contributed by atoms with Crippen LogP contribution in [0.2, 0.25) is 0 Å². The summed E-state index contributed by atoms with van der Waals surface area (Å²) in [5, 5.41) is 11.1. The fraction of sp³-hybridized carbons (Fsp3) is 0.407. The number of Topliss-reactive ketones (excluding diaryl/α,β-unsaturated/α-hetero) is 1. The lowest BCUT2D eigenvalue weighted by Crippen LogP contribution is -2.37. The molecule has 1 unspecified atom stereocenters. The van der Waals surface area contributed by atoms with Crippen LogP contribution in [0.15, 0.2) is 48.0 Å². The molecule has 35 heavy (non-hydrogen) atoms. The number of likely N-dealkylation sites (tertiary alicyclic amines) is 2. The number of amides is 1. The van der Waals surface area contributed by atoms with Crippen molar-refractivity contribution in [3.05, 3.63) is 65.0 Å². The summed E-state index contributed by atoms with van der Waals surface area (Å²) >= 11 is 0. The highest BCUT2D eigenvalue weighted by atomic mass is 19.1. The Balaban J connectivity index is 1.73. The third-order valence-corrected chi connectivity index (χ3v) is 6.49. The van der Waals surface area contributed by atoms with E-state index in [0.29, 0.717) is 31.0 Å². The molecule has 2 fully saturated rings. The van der Waals surface area contributed by atoms with Crippen LogP contribution in [0.4, 0.5) is 4.39 Å². The first-order valence-corrected chi connectivity index (χ1v) is 12.0. The third kappa shape index (κ3) is 5.17. The lowest BCUT2D eigenvalue weighted by atomic mass is 9.95. The van der Waals surface area contributed by atoms with Gasteiger partial charge < -0.3 is 24.4 Å². The largest absolute Gasteiger partial charge is 0.507 e. The van der Waals surface area contributed by atoms with Gasteiger partial charge in [-0.25, -0.2) is 4.39 Å². The molecular formula is C27H31FN2O5. The van der Waals surface area contributed by atoms with Crippen LogP contribution in [0.3, 0.4) is 0 Å². The SMILES string of the molecule is CCCOc1ccc(C2/C(=C(\O)c3ccc(OC)c(F)c3)C(=O)C(=O)N2CCN2CCCC2)cc1. The quantitative estimate of drug-likeness (QED) is 0.329. The highest BCUT2D eigenvalue weighted by molar-refractivity contribution is 6.46. The van der Waals surface area contributed by atoms with E-state index in [1.54, 1.807) is 24.3 Å². The van der Waals surface area contributed by atoms with E-state index >= 15 is 0 Å². The van der Waals surface area contributed by atoms with Gasteiger partial charge in [0.05, 0.1) is 25.3 Å². The Kier molecular flexibility index (Phi) is 7.70. The summed E-state index contributed by atoms with van der Waals surface area (Å²) in [6.45, 7) is 5.50. The van der Waals surface area contributed by atoms with E-state index in [0.717, 1.165) is 38.4 Å². The third-order valence-electron chi connectivity index (χ3n) is 6.49. The number of carbonyl (C=O) groups is 2. The van der Waals surface area contributed by atoms with Crippen molar-refractivity contribution in [3.8, 4) is 11.5 Å². The number of rotatable bonds is 9. The minimum absolute atomic E-state index is 0.0202. The van der Waals surface area contributed by atoms with Crippen LogP contribution >= 0.6 is 0 Å². The molecule has 2 aromatic rings. The predicted molar refractivity (Wildman–Crippen MR) is 130 cm³/mol. The first kappa shape index (κ1) is 24.7. The second-order valence-corrected chi connectivity index (χ2v) is 8.81. The van der Waals surface area contributed by atoms with Gasteiger partial charge in [0.1, 0.15) is 11.5 Å². The summed E-state index contributed by atoms with van der Waals surface area (Å²) in [5.41, 5.74) is 0.724. The maximum atomic E-state index is 14.4. The van der Waals surface area contributed by atoms with E-state index < -0.39 is 29.3 Å². The van der Waals surface area contributed by atoms with Crippen molar-refractivity contribution in [3.63, 3.8) is 0 Å². The molecule has 2 heterocycles. The normalized spacial score (nSPS) is 20.0. The summed E-state index contributed by atoms with van der Waals surface area (Å²) in [6.07, 6.45) is 3.10. The summed E-state index contributed by atoms with van der Waals surface area (Å²) in [4.78, 5) is 30.0. The maximum absolute atomic E-state index is 14.4. The molecule has 4 rings (SSSR count). The number of benzene rings is 2. The standard InChI is InChI=1S/C27H31FN2O5/c1-3-16-35-20-9-6-18(7-10-20)24-23(25(31)19-8-11-22(34-2)21(28)17-19)26(32)27(33)30(24)15-14-29-12-4-5-13-29/h6-11,17,24,31H,3-5,12-16H2,1-2H3/b25-23+. The second-order valence-electron chi connectivity index (χ2n) is 8.81. The van der Waals surface area contributed by atoms with E-state index in [9.17, 15) is 19.1 Å². The molecule has 0 radical (unpaired) electrons. The molecule has 2 aliphatic heterocycles. The van der Waals surface area contributed by atoms with Gasteiger partial charge in [-0.3, -0.25) is 9.59 Å². The molecule has 7 nitrogen and oxygen atoms in total. The van der Waals surface area contributed by atoms with Crippen molar-refractivity contribution >= 4 is 17.4 Å². The Labute approximate surface area is 204 Å². The van der Waals surface area contributed by atoms with Gasteiger partial charge in [-0.15, -0.1) is 0 Å². The predicted octanol–water partition coefficient (Wildman–Crippen LogP) is 4.14. The molecule has 0 saturated carbocycles. The van der Waals surface area contributed by atoms with Gasteiger partial charge in [-0.2, -0.15) is 0 Å². The maximum Gasteiger partial charge on any atom is 0.295 e. The van der Waals surface area contributed by atoms with Crippen LogP contribution in [-0.2, 0) is 9.59 Å². The summed E-state index contributed by atoms with van der Waals surface area (Å²) in [7, 11) is 1.34. The Hall–Kier alpha value is -3.39. The van der Waals surface area contributed by atoms with Gasteiger partial charge >= 0.3 is 0 Å². The number of carbonyl (C=O) groups excluding carboxylic acids is 2. The zero-order valence-corrected chi connectivity index (χ0v) is 20.1. The summed E-state index contributed by atoms with van der Waals surface area (Å²) in [5.74, 6) is -1.83. The van der Waals surface area contributed by atoms with E-state index in [2.05, 4.69) is 4.90 Å². The van der Waals surface area contributed by atoms with Crippen LogP contribution < -0.4 is 9.47 Å². The molecule has 1 amide bonds. The molecule has 0 aliphatic carbocycles. The Morgan fingerprint density at radius 2 is 1.80 bits per heavy atom. The van der Waals surface area contributed by atoms with Gasteiger partial charge in [0.15, 0.2) is 11.6 Å². The van der Waals surface area contributed by atoms with Crippen molar-refractivity contribution in [2.24, 2.45) is 0 Å². The summed E-state index contributed by atoms with van der Waals surface area (Å²) < 4.78 is 25.0. The van der Waals surface area contributed by atoms with Gasteiger partial charge in [0, 0.05) is 18.7 Å². The number of hydrogen-bond donors (Lipinski definition) is 1. The monoisotopic (exact) mass is 482 g/mol. The second kappa shape index (κ2) is 10.9. The number of ether oxygens (including phenoxy) is 2. The molecule has 0 bridgehead atoms. The molecule has 2 aromatic carbocycles. The van der Waals surface area contributed by atoms with Crippen molar-refractivity contribution in [1.82, 2.24) is 9.80 Å². The van der Waals surface area contributed by atoms with Crippen LogP contribution in [0.5, 0.6) is 11.5 Å². The minimum Gasteiger partial charge on any atom is -0.507 e. The Morgan fingerprint density at radius 3 is 2.43 bits per heavy atom. The van der Waals surface area contributed by atoms with Gasteiger partial charge in [-0.1, -0.05) is 19.1 Å². The molecule has 0 spiro atoms. The first-order chi connectivity index (χ1) is 16.9. The number of aliphatic hydroxyl groups excluding tert-OH is 1. The van der Waals surface area contributed by atoms with Crippen molar-refractivity contribution in [1.29, 1.82) is 0 Å². The van der Waals surface area contributed by atoms with Crippen LogP contribution in [0, 0.1) is 5.82 Å². The number of aliphatic hydroxyl groups is 1. The molecule has 2 saturated heterocycles. The van der Waals surface area contributed by atoms with E-state index in [1.165, 1.54) is 24.1 Å². The van der Waals surface area contributed by atoms with Gasteiger partial charge in [0.25, 0.3) is 11.7 Å². The Bertz CT molecular complexity index is 1110. The van der Waals surface area contributed by atoms with E-state index in [1.807, 2.05) is 6.92 Å². The lowest BCUT2D eigenvalue weighted by Gasteiger charge is -2.27. The topological polar surface area (TPSA) is 79.3 Å². The molecule has 0 aromatic heterocycles. The minimum atomic E-state index is -0.789. The highest BCUT2D eigenvalue weighted by Crippen LogP contribution is 2.40. The van der Waals surface area contributed by atoms with Crippen LogP contribution in [0.25, 0.3) is 5.76 Å². The van der Waals surface area contributed by atoms with Gasteiger partial charge in [0.2, 0.25) is 0 Å². The molecule has 1 N–H and O–H groups in total. The smallest absolute Gasteiger partial charge is 0.295 e. The number of ketones is 1. The fourth-order valence-electron chi connectivity index (χ4n) is 4.65. The van der Waals surface area contributed by atoms with Crippen molar-refractivity contribution in [2.75, 3.05) is 39.9 Å². The van der Waals surface area contributed by atoms with Gasteiger partial charge in [-0.05, 0) is 68.2 Å². The summed E-state index contributed by atoms with van der Waals surface area (Å²) in [6, 6.07) is 10.3.